The fourth-order valence-electron chi connectivity index (χ4n) is 7.42. The molecular weight excluding hydrogens is 629 g/mol. The topological polar surface area (TPSA) is 19.6 Å². The van der Waals surface area contributed by atoms with Gasteiger partial charge < -0.3 is 14.2 Å². The average Bonchev–Trinajstić information content (AvgIpc) is 3.75. The molecule has 0 spiro atoms. The van der Waals surface area contributed by atoms with Gasteiger partial charge in [-0.25, -0.2) is 0 Å². The van der Waals surface area contributed by atoms with Gasteiger partial charge in [0.25, 0.3) is 0 Å². The van der Waals surface area contributed by atoms with Crippen LogP contribution in [-0.4, -0.2) is 0 Å². The molecule has 50 heavy (non-hydrogen) atoms. The fraction of sp³-hybridized carbons (Fsp3) is 0. The van der Waals surface area contributed by atoms with Gasteiger partial charge in [0.15, 0.2) is 0 Å². The normalized spacial score (nSPS) is 11.6. The van der Waals surface area contributed by atoms with Crippen molar-refractivity contribution in [3.8, 4) is 0 Å². The molecule has 2 aromatic heterocycles. The Morgan fingerprint density at radius 1 is 0.380 bits per heavy atom. The third kappa shape index (κ3) is 4.57. The van der Waals surface area contributed by atoms with Gasteiger partial charge in [-0.1, -0.05) is 109 Å². The monoisotopic (exact) mass is 658 g/mol. The zero-order chi connectivity index (χ0) is 33.0. The van der Waals surface area contributed by atoms with Crippen LogP contribution >= 0.6 is 11.3 Å². The van der Waals surface area contributed by atoms with Gasteiger partial charge in [-0.3, -0.25) is 0 Å². The van der Waals surface area contributed by atoms with E-state index in [1.54, 1.807) is 0 Å². The van der Waals surface area contributed by atoms with E-state index in [1.165, 1.54) is 30.9 Å². The molecule has 0 aliphatic rings. The SMILES string of the molecule is c1ccc(N(c2ccc3oc4ccccc4c3c2)c2cccc3c2sc2cccc(N(c4ccccc4)c4cccc5ccccc45)c23)cc1. The van der Waals surface area contributed by atoms with Crippen LogP contribution in [0.25, 0.3) is 52.9 Å². The lowest BCUT2D eigenvalue weighted by molar-refractivity contribution is 0.669. The van der Waals surface area contributed by atoms with Crippen LogP contribution in [0.15, 0.2) is 186 Å². The van der Waals surface area contributed by atoms with Crippen molar-refractivity contribution in [3.05, 3.63) is 182 Å². The molecule has 8 aromatic carbocycles. The first kappa shape index (κ1) is 28.6. The van der Waals surface area contributed by atoms with Crippen molar-refractivity contribution in [3.63, 3.8) is 0 Å². The Labute approximate surface area is 293 Å². The van der Waals surface area contributed by atoms with Crippen LogP contribution < -0.4 is 9.80 Å². The Hall–Kier alpha value is -6.36. The minimum atomic E-state index is 0.891. The molecule has 10 aromatic rings. The number of para-hydroxylation sites is 3. The van der Waals surface area contributed by atoms with E-state index in [9.17, 15) is 0 Å². The molecule has 0 fully saturated rings. The Bertz CT molecular complexity index is 2830. The highest BCUT2D eigenvalue weighted by atomic mass is 32.1. The second-order valence-corrected chi connectivity index (χ2v) is 13.6. The summed E-state index contributed by atoms with van der Waals surface area (Å²) in [5.41, 5.74) is 8.56. The zero-order valence-electron chi connectivity index (χ0n) is 27.0. The van der Waals surface area contributed by atoms with Gasteiger partial charge in [-0.2, -0.15) is 0 Å². The first-order valence-corrected chi connectivity index (χ1v) is 17.7. The van der Waals surface area contributed by atoms with Crippen molar-refractivity contribution < 1.29 is 4.42 Å². The summed E-state index contributed by atoms with van der Waals surface area (Å²) in [6, 6.07) is 64.9. The Morgan fingerprint density at radius 2 is 0.980 bits per heavy atom. The standard InChI is InChI=1S/C46H30N2OS/c1-3-16-32(17-4-1)47(34-28-29-43-38(30-34)36-21-9-10-26-42(36)49-43)41-25-12-22-37-45-40(24-13-27-44(45)50-46(37)41)48(33-18-5-2-6-19-33)39-23-11-15-31-14-7-8-20-35(31)39/h1-30H. The lowest BCUT2D eigenvalue weighted by Crippen LogP contribution is -2.11. The molecule has 3 nitrogen and oxygen atoms in total. The second kappa shape index (κ2) is 11.7. The highest BCUT2D eigenvalue weighted by Crippen LogP contribution is 2.50. The molecule has 0 saturated heterocycles. The molecule has 0 atom stereocenters. The predicted molar refractivity (Wildman–Crippen MR) is 213 cm³/mol. The number of thiophene rings is 1. The summed E-state index contributed by atoms with van der Waals surface area (Å²) in [6.45, 7) is 0. The fourth-order valence-corrected chi connectivity index (χ4v) is 8.65. The van der Waals surface area contributed by atoms with Crippen molar-refractivity contribution in [1.29, 1.82) is 0 Å². The zero-order valence-corrected chi connectivity index (χ0v) is 27.8. The molecule has 2 heterocycles. The van der Waals surface area contributed by atoms with Crippen LogP contribution in [-0.2, 0) is 0 Å². The molecule has 0 aliphatic heterocycles. The Balaban J connectivity index is 1.23. The molecule has 4 heteroatoms. The second-order valence-electron chi connectivity index (χ2n) is 12.5. The summed E-state index contributed by atoms with van der Waals surface area (Å²) in [6.07, 6.45) is 0. The van der Waals surface area contributed by atoms with Gasteiger partial charge in [0.2, 0.25) is 0 Å². The summed E-state index contributed by atoms with van der Waals surface area (Å²) in [4.78, 5) is 4.81. The number of anilines is 6. The van der Waals surface area contributed by atoms with Crippen LogP contribution in [0.3, 0.4) is 0 Å². The molecule has 0 aliphatic carbocycles. The van der Waals surface area contributed by atoms with Crippen LogP contribution in [0.2, 0.25) is 0 Å². The molecule has 0 amide bonds. The van der Waals surface area contributed by atoms with Gasteiger partial charge in [-0.05, 0) is 78.2 Å². The van der Waals surface area contributed by atoms with Crippen LogP contribution in [0, 0.1) is 0 Å². The molecule has 0 saturated carbocycles. The van der Waals surface area contributed by atoms with E-state index in [-0.39, 0.29) is 0 Å². The highest BCUT2D eigenvalue weighted by Gasteiger charge is 2.23. The molecule has 0 unspecified atom stereocenters. The maximum Gasteiger partial charge on any atom is 0.135 e. The molecule has 10 rings (SSSR count). The molecule has 236 valence electrons. The van der Waals surface area contributed by atoms with E-state index in [0.29, 0.717) is 0 Å². The number of hydrogen-bond acceptors (Lipinski definition) is 4. The maximum absolute atomic E-state index is 6.22. The molecule has 0 N–H and O–H groups in total. The third-order valence-corrected chi connectivity index (χ3v) is 10.8. The maximum atomic E-state index is 6.22. The van der Waals surface area contributed by atoms with Gasteiger partial charge >= 0.3 is 0 Å². The largest absolute Gasteiger partial charge is 0.456 e. The quantitative estimate of drug-likeness (QED) is 0.177. The van der Waals surface area contributed by atoms with Crippen molar-refractivity contribution in [1.82, 2.24) is 0 Å². The third-order valence-electron chi connectivity index (χ3n) is 9.62. The summed E-state index contributed by atoms with van der Waals surface area (Å²) in [5, 5.41) is 7.14. The van der Waals surface area contributed by atoms with E-state index in [1.807, 2.05) is 23.5 Å². The number of benzene rings is 8. The van der Waals surface area contributed by atoms with Crippen molar-refractivity contribution in [2.75, 3.05) is 9.80 Å². The summed E-state index contributed by atoms with van der Waals surface area (Å²) in [7, 11) is 0. The van der Waals surface area contributed by atoms with Crippen LogP contribution in [0.5, 0.6) is 0 Å². The minimum Gasteiger partial charge on any atom is -0.456 e. The number of furan rings is 1. The van der Waals surface area contributed by atoms with Crippen molar-refractivity contribution >= 4 is 98.3 Å². The molecule has 0 radical (unpaired) electrons. The number of rotatable bonds is 6. The summed E-state index contributed by atoms with van der Waals surface area (Å²) < 4.78 is 8.71. The van der Waals surface area contributed by atoms with Crippen LogP contribution in [0.1, 0.15) is 0 Å². The highest BCUT2D eigenvalue weighted by molar-refractivity contribution is 7.26. The lowest BCUT2D eigenvalue weighted by Gasteiger charge is -2.28. The van der Waals surface area contributed by atoms with Crippen molar-refractivity contribution in [2.24, 2.45) is 0 Å². The van der Waals surface area contributed by atoms with Gasteiger partial charge in [0.1, 0.15) is 11.2 Å². The average molecular weight is 659 g/mol. The van der Waals surface area contributed by atoms with E-state index in [0.717, 1.165) is 56.1 Å². The summed E-state index contributed by atoms with van der Waals surface area (Å²) >= 11 is 1.85. The number of fused-ring (bicyclic) bond motifs is 7. The molecular formula is C46H30N2OS. The lowest BCUT2D eigenvalue weighted by atomic mass is 10.0. The predicted octanol–water partition coefficient (Wildman–Crippen LogP) is 14.0. The Morgan fingerprint density at radius 3 is 1.82 bits per heavy atom. The number of hydrogen-bond donors (Lipinski definition) is 0. The summed E-state index contributed by atoms with van der Waals surface area (Å²) in [5.74, 6) is 0. The van der Waals surface area contributed by atoms with E-state index in [4.69, 9.17) is 4.42 Å². The minimum absolute atomic E-state index is 0.891. The van der Waals surface area contributed by atoms with E-state index in [2.05, 4.69) is 180 Å². The van der Waals surface area contributed by atoms with E-state index >= 15 is 0 Å². The van der Waals surface area contributed by atoms with Gasteiger partial charge in [-0.15, -0.1) is 11.3 Å². The van der Waals surface area contributed by atoms with Gasteiger partial charge in [0, 0.05) is 48.7 Å². The number of nitrogens with zero attached hydrogens (tertiary/aromatic N) is 2. The van der Waals surface area contributed by atoms with Crippen LogP contribution in [0.4, 0.5) is 34.1 Å². The van der Waals surface area contributed by atoms with E-state index < -0.39 is 0 Å². The van der Waals surface area contributed by atoms with Gasteiger partial charge in [0.05, 0.1) is 21.8 Å². The van der Waals surface area contributed by atoms with Crippen molar-refractivity contribution in [2.45, 2.75) is 0 Å². The Kier molecular flexibility index (Phi) is 6.68. The molecule has 0 bridgehead atoms. The first-order valence-electron chi connectivity index (χ1n) is 16.9. The first-order chi connectivity index (χ1) is 24.8. The smallest absolute Gasteiger partial charge is 0.135 e.